The standard InChI is InChI=1S/C12H17ClFN/c1-9-3-4-12(14)7-11(9)8-15-6-5-10(2)13/h3-4,7,10,15H,5-6,8H2,1-2H3. The Morgan fingerprint density at radius 3 is 2.87 bits per heavy atom. The first-order valence-corrected chi connectivity index (χ1v) is 5.63. The molecule has 0 saturated heterocycles. The Morgan fingerprint density at radius 2 is 2.20 bits per heavy atom. The average Bonchev–Trinajstić information content (AvgIpc) is 2.17. The van der Waals surface area contributed by atoms with Crippen LogP contribution in [0.4, 0.5) is 4.39 Å². The molecule has 1 rings (SSSR count). The van der Waals surface area contributed by atoms with E-state index in [4.69, 9.17) is 11.6 Å². The molecule has 0 bridgehead atoms. The summed E-state index contributed by atoms with van der Waals surface area (Å²) >= 11 is 5.82. The molecule has 0 spiro atoms. The van der Waals surface area contributed by atoms with Gasteiger partial charge in [-0.1, -0.05) is 6.07 Å². The lowest BCUT2D eigenvalue weighted by atomic mass is 10.1. The van der Waals surface area contributed by atoms with Gasteiger partial charge in [-0.2, -0.15) is 0 Å². The van der Waals surface area contributed by atoms with Gasteiger partial charge in [-0.25, -0.2) is 4.39 Å². The summed E-state index contributed by atoms with van der Waals surface area (Å²) in [6.45, 7) is 5.52. The molecule has 0 heterocycles. The molecule has 0 amide bonds. The Kier molecular flexibility index (Phi) is 5.06. The molecule has 15 heavy (non-hydrogen) atoms. The monoisotopic (exact) mass is 229 g/mol. The number of nitrogens with one attached hydrogen (secondary N) is 1. The van der Waals surface area contributed by atoms with E-state index in [0.29, 0.717) is 6.54 Å². The quantitative estimate of drug-likeness (QED) is 0.604. The minimum atomic E-state index is -0.178. The van der Waals surface area contributed by atoms with Crippen LogP contribution in [0.2, 0.25) is 0 Å². The number of aryl methyl sites for hydroxylation is 1. The molecule has 84 valence electrons. The Morgan fingerprint density at radius 1 is 1.47 bits per heavy atom. The molecule has 1 atom stereocenters. The van der Waals surface area contributed by atoms with E-state index < -0.39 is 0 Å². The van der Waals surface area contributed by atoms with E-state index in [1.807, 2.05) is 13.8 Å². The molecule has 0 fully saturated rings. The number of halogens is 2. The maximum Gasteiger partial charge on any atom is 0.123 e. The summed E-state index contributed by atoms with van der Waals surface area (Å²) in [7, 11) is 0. The van der Waals surface area contributed by atoms with Gasteiger partial charge in [0.15, 0.2) is 0 Å². The van der Waals surface area contributed by atoms with Gasteiger partial charge in [0.2, 0.25) is 0 Å². The molecule has 1 aromatic rings. The van der Waals surface area contributed by atoms with Crippen LogP contribution in [0.25, 0.3) is 0 Å². The molecule has 3 heteroatoms. The maximum absolute atomic E-state index is 12.9. The zero-order chi connectivity index (χ0) is 11.3. The van der Waals surface area contributed by atoms with Gasteiger partial charge in [-0.3, -0.25) is 0 Å². The predicted octanol–water partition coefficient (Wildman–Crippen LogP) is 3.24. The predicted molar refractivity (Wildman–Crippen MR) is 62.8 cm³/mol. The Bertz CT molecular complexity index is 312. The van der Waals surface area contributed by atoms with E-state index in [0.717, 1.165) is 24.1 Å². The topological polar surface area (TPSA) is 12.0 Å². The van der Waals surface area contributed by atoms with Crippen molar-refractivity contribution in [2.75, 3.05) is 6.54 Å². The fraction of sp³-hybridized carbons (Fsp3) is 0.500. The lowest BCUT2D eigenvalue weighted by Gasteiger charge is -2.08. The van der Waals surface area contributed by atoms with Crippen LogP contribution in [-0.4, -0.2) is 11.9 Å². The van der Waals surface area contributed by atoms with E-state index in [1.165, 1.54) is 6.07 Å². The van der Waals surface area contributed by atoms with E-state index in [9.17, 15) is 4.39 Å². The second-order valence-electron chi connectivity index (χ2n) is 3.82. The van der Waals surface area contributed by atoms with Crippen LogP contribution < -0.4 is 5.32 Å². The minimum absolute atomic E-state index is 0.178. The van der Waals surface area contributed by atoms with E-state index >= 15 is 0 Å². The molecule has 1 unspecified atom stereocenters. The van der Waals surface area contributed by atoms with Gasteiger partial charge in [0, 0.05) is 11.9 Å². The third-order valence-electron chi connectivity index (χ3n) is 2.35. The fourth-order valence-electron chi connectivity index (χ4n) is 1.35. The third kappa shape index (κ3) is 4.63. The van der Waals surface area contributed by atoms with Crippen LogP contribution >= 0.6 is 11.6 Å². The van der Waals surface area contributed by atoms with Gasteiger partial charge in [0.05, 0.1) is 0 Å². The molecule has 0 aliphatic rings. The Labute approximate surface area is 95.6 Å². The van der Waals surface area contributed by atoms with Gasteiger partial charge in [-0.15, -0.1) is 11.6 Å². The highest BCUT2D eigenvalue weighted by Gasteiger charge is 2.00. The Balaban J connectivity index is 2.40. The normalized spacial score (nSPS) is 12.8. The van der Waals surface area contributed by atoms with Crippen molar-refractivity contribution in [3.63, 3.8) is 0 Å². The number of hydrogen-bond acceptors (Lipinski definition) is 1. The zero-order valence-electron chi connectivity index (χ0n) is 9.19. The minimum Gasteiger partial charge on any atom is -0.313 e. The molecule has 0 aliphatic heterocycles. The second-order valence-corrected chi connectivity index (χ2v) is 4.56. The molecule has 1 N–H and O–H groups in total. The van der Waals surface area contributed by atoms with Gasteiger partial charge >= 0.3 is 0 Å². The summed E-state index contributed by atoms with van der Waals surface area (Å²) < 4.78 is 12.9. The van der Waals surface area contributed by atoms with Crippen molar-refractivity contribution in [1.29, 1.82) is 0 Å². The lowest BCUT2D eigenvalue weighted by molar-refractivity contribution is 0.613. The summed E-state index contributed by atoms with van der Waals surface area (Å²) in [5.41, 5.74) is 2.13. The highest BCUT2D eigenvalue weighted by atomic mass is 35.5. The smallest absolute Gasteiger partial charge is 0.123 e. The summed E-state index contributed by atoms with van der Waals surface area (Å²) in [6.07, 6.45) is 0.927. The van der Waals surface area contributed by atoms with Crippen LogP contribution in [-0.2, 0) is 6.54 Å². The third-order valence-corrected chi connectivity index (χ3v) is 2.56. The molecule has 0 saturated carbocycles. The summed E-state index contributed by atoms with van der Waals surface area (Å²) in [6, 6.07) is 4.86. The average molecular weight is 230 g/mol. The molecule has 1 nitrogen and oxygen atoms in total. The molecular weight excluding hydrogens is 213 g/mol. The largest absolute Gasteiger partial charge is 0.313 e. The highest BCUT2D eigenvalue weighted by molar-refractivity contribution is 6.20. The first-order chi connectivity index (χ1) is 7.09. The first kappa shape index (κ1) is 12.5. The van der Waals surface area contributed by atoms with Gasteiger partial charge in [0.1, 0.15) is 5.82 Å². The van der Waals surface area contributed by atoms with Crippen molar-refractivity contribution < 1.29 is 4.39 Å². The number of rotatable bonds is 5. The molecular formula is C12H17ClFN. The van der Waals surface area contributed by atoms with Crippen LogP contribution in [0.15, 0.2) is 18.2 Å². The summed E-state index contributed by atoms with van der Waals surface area (Å²) in [5.74, 6) is -0.178. The van der Waals surface area contributed by atoms with Crippen LogP contribution in [0, 0.1) is 12.7 Å². The van der Waals surface area contributed by atoms with Crippen molar-refractivity contribution in [1.82, 2.24) is 5.32 Å². The van der Waals surface area contributed by atoms with Gasteiger partial charge in [0.25, 0.3) is 0 Å². The van der Waals surface area contributed by atoms with Crippen molar-refractivity contribution in [2.24, 2.45) is 0 Å². The Hall–Kier alpha value is -0.600. The van der Waals surface area contributed by atoms with Crippen molar-refractivity contribution in [2.45, 2.75) is 32.2 Å². The van der Waals surface area contributed by atoms with Gasteiger partial charge in [-0.05, 0) is 50.1 Å². The number of benzene rings is 1. The molecule has 1 aromatic carbocycles. The lowest BCUT2D eigenvalue weighted by Crippen LogP contribution is -2.17. The summed E-state index contributed by atoms with van der Waals surface area (Å²) in [4.78, 5) is 0. The van der Waals surface area contributed by atoms with E-state index in [2.05, 4.69) is 5.32 Å². The molecule has 0 aliphatic carbocycles. The van der Waals surface area contributed by atoms with Crippen molar-refractivity contribution in [3.05, 3.63) is 35.1 Å². The zero-order valence-corrected chi connectivity index (χ0v) is 9.94. The van der Waals surface area contributed by atoms with Gasteiger partial charge < -0.3 is 5.32 Å². The van der Waals surface area contributed by atoms with Crippen LogP contribution in [0.1, 0.15) is 24.5 Å². The summed E-state index contributed by atoms with van der Waals surface area (Å²) in [5, 5.41) is 3.44. The fourth-order valence-corrected chi connectivity index (χ4v) is 1.46. The molecule has 0 aromatic heterocycles. The highest BCUT2D eigenvalue weighted by Crippen LogP contribution is 2.09. The van der Waals surface area contributed by atoms with Crippen molar-refractivity contribution >= 4 is 11.6 Å². The molecule has 0 radical (unpaired) electrons. The van der Waals surface area contributed by atoms with Crippen LogP contribution in [0.5, 0.6) is 0 Å². The van der Waals surface area contributed by atoms with E-state index in [1.54, 1.807) is 12.1 Å². The first-order valence-electron chi connectivity index (χ1n) is 5.19. The van der Waals surface area contributed by atoms with E-state index in [-0.39, 0.29) is 11.2 Å². The number of hydrogen-bond donors (Lipinski definition) is 1. The van der Waals surface area contributed by atoms with Crippen LogP contribution in [0.3, 0.4) is 0 Å². The maximum atomic E-state index is 12.9. The van der Waals surface area contributed by atoms with Crippen molar-refractivity contribution in [3.8, 4) is 0 Å². The second kappa shape index (κ2) is 6.09. The SMILES string of the molecule is Cc1ccc(F)cc1CNCCC(C)Cl. The number of alkyl halides is 1.